The van der Waals surface area contributed by atoms with Crippen molar-refractivity contribution in [1.29, 1.82) is 0 Å². The summed E-state index contributed by atoms with van der Waals surface area (Å²) >= 11 is 0. The van der Waals surface area contributed by atoms with Gasteiger partial charge in [0.15, 0.2) is 12.2 Å². The Balaban J connectivity index is 1.54. The van der Waals surface area contributed by atoms with Gasteiger partial charge in [0, 0.05) is 0 Å². The first-order valence-corrected chi connectivity index (χ1v) is 7.18. The molecule has 1 heterocycles. The number of para-hydroxylation sites is 1. The van der Waals surface area contributed by atoms with Gasteiger partial charge < -0.3 is 14.9 Å². The molecule has 3 aromatic rings. The van der Waals surface area contributed by atoms with E-state index in [0.29, 0.717) is 29.3 Å². The standard InChI is InChI=1S/C17H16N2O2/c18-14-5-2-6-15-17(14)19-16(21-15)10-20-13-8-7-11-3-1-4-12(11)9-13/h2,5-9H,1,3-4,10,18H2. The number of fused-ring (bicyclic) bond motifs is 2. The molecule has 0 unspecified atom stereocenters. The van der Waals surface area contributed by atoms with E-state index in [-0.39, 0.29) is 0 Å². The maximum absolute atomic E-state index is 5.87. The molecular formula is C17H16N2O2. The van der Waals surface area contributed by atoms with E-state index in [1.165, 1.54) is 24.0 Å². The number of nitrogen functional groups attached to an aromatic ring is 1. The molecule has 0 saturated heterocycles. The van der Waals surface area contributed by atoms with Gasteiger partial charge in [-0.15, -0.1) is 0 Å². The van der Waals surface area contributed by atoms with Crippen LogP contribution >= 0.6 is 0 Å². The Morgan fingerprint density at radius 2 is 2.05 bits per heavy atom. The highest BCUT2D eigenvalue weighted by Gasteiger charge is 2.12. The maximum Gasteiger partial charge on any atom is 0.233 e. The summed E-state index contributed by atoms with van der Waals surface area (Å²) < 4.78 is 11.4. The van der Waals surface area contributed by atoms with Gasteiger partial charge in [0.25, 0.3) is 0 Å². The molecule has 1 aliphatic carbocycles. The first kappa shape index (κ1) is 12.3. The number of oxazole rings is 1. The molecule has 0 fully saturated rings. The van der Waals surface area contributed by atoms with E-state index < -0.39 is 0 Å². The van der Waals surface area contributed by atoms with Crippen LogP contribution in [0.15, 0.2) is 40.8 Å². The summed E-state index contributed by atoms with van der Waals surface area (Å²) in [6.07, 6.45) is 3.56. The summed E-state index contributed by atoms with van der Waals surface area (Å²) in [6, 6.07) is 11.8. The molecule has 0 bridgehead atoms. The Morgan fingerprint density at radius 3 is 2.95 bits per heavy atom. The van der Waals surface area contributed by atoms with Gasteiger partial charge in [-0.1, -0.05) is 12.1 Å². The van der Waals surface area contributed by atoms with E-state index in [1.54, 1.807) is 0 Å². The van der Waals surface area contributed by atoms with E-state index in [1.807, 2.05) is 24.3 Å². The average Bonchev–Trinajstić information content (AvgIpc) is 3.11. The molecule has 0 aliphatic heterocycles. The number of anilines is 1. The molecule has 0 radical (unpaired) electrons. The van der Waals surface area contributed by atoms with E-state index in [4.69, 9.17) is 14.9 Å². The van der Waals surface area contributed by atoms with Crippen LogP contribution in [0.2, 0.25) is 0 Å². The summed E-state index contributed by atoms with van der Waals surface area (Å²) in [5.74, 6) is 1.41. The van der Waals surface area contributed by atoms with Crippen molar-refractivity contribution in [2.24, 2.45) is 0 Å². The van der Waals surface area contributed by atoms with Crippen LogP contribution in [-0.4, -0.2) is 4.98 Å². The van der Waals surface area contributed by atoms with Crippen LogP contribution in [0.5, 0.6) is 5.75 Å². The van der Waals surface area contributed by atoms with Gasteiger partial charge in [-0.3, -0.25) is 0 Å². The lowest BCUT2D eigenvalue weighted by Crippen LogP contribution is -1.96. The minimum Gasteiger partial charge on any atom is -0.484 e. The number of benzene rings is 2. The highest BCUT2D eigenvalue weighted by atomic mass is 16.5. The maximum atomic E-state index is 5.87. The second-order valence-corrected chi connectivity index (χ2v) is 5.37. The van der Waals surface area contributed by atoms with Crippen molar-refractivity contribution in [3.05, 3.63) is 53.4 Å². The highest BCUT2D eigenvalue weighted by molar-refractivity contribution is 5.85. The summed E-state index contributed by atoms with van der Waals surface area (Å²) in [4.78, 5) is 4.38. The quantitative estimate of drug-likeness (QED) is 0.746. The summed E-state index contributed by atoms with van der Waals surface area (Å²) in [5, 5.41) is 0. The molecule has 1 aromatic heterocycles. The van der Waals surface area contributed by atoms with Gasteiger partial charge in [0.05, 0.1) is 5.69 Å². The van der Waals surface area contributed by atoms with Crippen LogP contribution in [0.1, 0.15) is 23.4 Å². The van der Waals surface area contributed by atoms with Crippen LogP contribution in [0.3, 0.4) is 0 Å². The lowest BCUT2D eigenvalue weighted by Gasteiger charge is -2.05. The molecule has 4 heteroatoms. The normalized spacial score (nSPS) is 13.5. The van der Waals surface area contributed by atoms with Gasteiger partial charge in [-0.05, 0) is 54.7 Å². The van der Waals surface area contributed by atoms with Crippen molar-refractivity contribution in [2.75, 3.05) is 5.73 Å². The summed E-state index contributed by atoms with van der Waals surface area (Å²) in [7, 11) is 0. The largest absolute Gasteiger partial charge is 0.484 e. The Hall–Kier alpha value is -2.49. The molecule has 0 amide bonds. The predicted molar refractivity (Wildman–Crippen MR) is 81.2 cm³/mol. The van der Waals surface area contributed by atoms with Gasteiger partial charge in [-0.2, -0.15) is 0 Å². The van der Waals surface area contributed by atoms with E-state index >= 15 is 0 Å². The van der Waals surface area contributed by atoms with Crippen molar-refractivity contribution in [3.63, 3.8) is 0 Å². The number of hydrogen-bond acceptors (Lipinski definition) is 4. The Morgan fingerprint density at radius 1 is 1.14 bits per heavy atom. The molecule has 21 heavy (non-hydrogen) atoms. The molecular weight excluding hydrogens is 264 g/mol. The van der Waals surface area contributed by atoms with Crippen LogP contribution in [-0.2, 0) is 19.4 Å². The Labute approximate surface area is 122 Å². The molecule has 0 spiro atoms. The van der Waals surface area contributed by atoms with Crippen molar-refractivity contribution >= 4 is 16.8 Å². The molecule has 2 N–H and O–H groups in total. The van der Waals surface area contributed by atoms with E-state index in [2.05, 4.69) is 17.1 Å². The molecule has 106 valence electrons. The Bertz CT molecular complexity index is 808. The van der Waals surface area contributed by atoms with Gasteiger partial charge in [-0.25, -0.2) is 4.98 Å². The number of aryl methyl sites for hydroxylation is 2. The van der Waals surface area contributed by atoms with Crippen LogP contribution in [0, 0.1) is 0 Å². The minimum absolute atomic E-state index is 0.312. The third kappa shape index (κ3) is 2.23. The average molecular weight is 280 g/mol. The van der Waals surface area contributed by atoms with Crippen LogP contribution in [0.25, 0.3) is 11.1 Å². The smallest absolute Gasteiger partial charge is 0.233 e. The number of nitrogens with two attached hydrogens (primary N) is 1. The van der Waals surface area contributed by atoms with Crippen molar-refractivity contribution in [3.8, 4) is 5.75 Å². The zero-order valence-corrected chi connectivity index (χ0v) is 11.6. The van der Waals surface area contributed by atoms with E-state index in [9.17, 15) is 0 Å². The molecule has 4 nitrogen and oxygen atoms in total. The van der Waals surface area contributed by atoms with Crippen molar-refractivity contribution in [2.45, 2.75) is 25.9 Å². The van der Waals surface area contributed by atoms with Crippen molar-refractivity contribution in [1.82, 2.24) is 4.98 Å². The highest BCUT2D eigenvalue weighted by Crippen LogP contribution is 2.27. The predicted octanol–water partition coefficient (Wildman–Crippen LogP) is 3.48. The number of rotatable bonds is 3. The van der Waals surface area contributed by atoms with Gasteiger partial charge in [0.2, 0.25) is 5.89 Å². The third-order valence-corrected chi connectivity index (χ3v) is 3.93. The SMILES string of the molecule is Nc1cccc2oc(COc3ccc4c(c3)CCC4)nc12. The minimum atomic E-state index is 0.312. The number of aromatic nitrogens is 1. The second-order valence-electron chi connectivity index (χ2n) is 5.37. The lowest BCUT2D eigenvalue weighted by molar-refractivity contribution is 0.267. The first-order valence-electron chi connectivity index (χ1n) is 7.18. The molecule has 4 rings (SSSR count). The number of nitrogens with zero attached hydrogens (tertiary/aromatic N) is 1. The summed E-state index contributed by atoms with van der Waals surface area (Å²) in [6.45, 7) is 0.312. The van der Waals surface area contributed by atoms with Gasteiger partial charge in [0.1, 0.15) is 11.3 Å². The first-order chi connectivity index (χ1) is 10.3. The zero-order chi connectivity index (χ0) is 14.2. The molecule has 0 atom stereocenters. The fourth-order valence-electron chi connectivity index (χ4n) is 2.86. The topological polar surface area (TPSA) is 61.3 Å². The summed E-state index contributed by atoms with van der Waals surface area (Å²) in [5.41, 5.74) is 10.7. The van der Waals surface area contributed by atoms with E-state index in [0.717, 1.165) is 12.2 Å². The van der Waals surface area contributed by atoms with Crippen LogP contribution < -0.4 is 10.5 Å². The number of hydrogen-bond donors (Lipinski definition) is 1. The number of ether oxygens (including phenoxy) is 1. The van der Waals surface area contributed by atoms with Crippen molar-refractivity contribution < 1.29 is 9.15 Å². The van der Waals surface area contributed by atoms with Crippen LogP contribution in [0.4, 0.5) is 5.69 Å². The zero-order valence-electron chi connectivity index (χ0n) is 11.6. The van der Waals surface area contributed by atoms with Gasteiger partial charge >= 0.3 is 0 Å². The third-order valence-electron chi connectivity index (χ3n) is 3.93. The molecule has 2 aromatic carbocycles. The second kappa shape index (κ2) is 4.81. The monoisotopic (exact) mass is 280 g/mol. The molecule has 1 aliphatic rings. The Kier molecular flexibility index (Phi) is 2.81. The fourth-order valence-corrected chi connectivity index (χ4v) is 2.86. The lowest BCUT2D eigenvalue weighted by atomic mass is 10.1. The molecule has 0 saturated carbocycles. The fraction of sp³-hybridized carbons (Fsp3) is 0.235.